The summed E-state index contributed by atoms with van der Waals surface area (Å²) < 4.78 is 34.3. The fourth-order valence-corrected chi connectivity index (χ4v) is 13.0. The number of amides is 1. The molecule has 12 N–H and O–H groups in total. The summed E-state index contributed by atoms with van der Waals surface area (Å²) in [6, 6.07) is -0.970. The number of carbonyl (C=O) groups excluding carboxylic acids is 1. The minimum absolute atomic E-state index is 0.247. The van der Waals surface area contributed by atoms with Crippen molar-refractivity contribution in [3.63, 3.8) is 0 Å². The van der Waals surface area contributed by atoms with E-state index in [-0.39, 0.29) is 18.9 Å². The van der Waals surface area contributed by atoms with Crippen LogP contribution in [0.2, 0.25) is 0 Å². The van der Waals surface area contributed by atoms with Gasteiger partial charge in [-0.2, -0.15) is 0 Å². The van der Waals surface area contributed by atoms with Crippen LogP contribution in [-0.4, -0.2) is 193 Å². The zero-order valence-corrected chi connectivity index (χ0v) is 58.7. The molecular formula is C75H139NO18. The Morgan fingerprint density at radius 1 is 0.383 bits per heavy atom. The molecule has 0 aromatic rings. The van der Waals surface area contributed by atoms with Crippen molar-refractivity contribution in [2.75, 3.05) is 26.4 Å². The Kier molecular flexibility index (Phi) is 52.0. The summed E-state index contributed by atoms with van der Waals surface area (Å²) in [6.45, 7) is 1.73. The SMILES string of the molecule is CCCCCCC/C=C\C/C=C\CCCCCCCCCCCCCCCCCCCCCCCCCCCC(=O)NC(COC1OC(CO)C(OC2OC(CO)C(OC3OC(CO)C(O)C(O)C3O)C(O)C2O)C(O)C1O)C(O)/C=C/CCCCCCCCCCCC. The van der Waals surface area contributed by atoms with Crippen molar-refractivity contribution in [2.45, 2.75) is 407 Å². The number of carbonyl (C=O) groups is 1. The van der Waals surface area contributed by atoms with E-state index in [1.807, 2.05) is 6.08 Å². The van der Waals surface area contributed by atoms with E-state index in [0.29, 0.717) is 6.42 Å². The van der Waals surface area contributed by atoms with Crippen LogP contribution in [0, 0.1) is 0 Å². The summed E-state index contributed by atoms with van der Waals surface area (Å²) in [7, 11) is 0. The molecule has 3 aliphatic heterocycles. The molecule has 3 saturated heterocycles. The third-order valence-electron chi connectivity index (χ3n) is 19.2. The molecule has 0 bridgehead atoms. The van der Waals surface area contributed by atoms with Gasteiger partial charge in [-0.1, -0.05) is 281 Å². The highest BCUT2D eigenvalue weighted by Gasteiger charge is 2.53. The summed E-state index contributed by atoms with van der Waals surface area (Å²) in [5.41, 5.74) is 0. The number of nitrogens with one attached hydrogen (secondary N) is 1. The summed E-state index contributed by atoms with van der Waals surface area (Å²) >= 11 is 0. The van der Waals surface area contributed by atoms with Gasteiger partial charge in [0.1, 0.15) is 73.2 Å². The molecule has 17 atom stereocenters. The van der Waals surface area contributed by atoms with E-state index >= 15 is 0 Å². The molecule has 3 aliphatic rings. The Morgan fingerprint density at radius 3 is 1.09 bits per heavy atom. The molecular weight excluding hydrogens is 1200 g/mol. The second-order valence-electron chi connectivity index (χ2n) is 27.5. The van der Waals surface area contributed by atoms with Crippen molar-refractivity contribution in [3.05, 3.63) is 36.5 Å². The number of hydrogen-bond acceptors (Lipinski definition) is 18. The van der Waals surface area contributed by atoms with Gasteiger partial charge in [0.2, 0.25) is 5.91 Å². The first-order valence-corrected chi connectivity index (χ1v) is 38.2. The molecule has 1 amide bonds. The quantitative estimate of drug-likeness (QED) is 0.0199. The molecule has 94 heavy (non-hydrogen) atoms. The van der Waals surface area contributed by atoms with Crippen LogP contribution in [-0.2, 0) is 33.2 Å². The van der Waals surface area contributed by atoms with Crippen LogP contribution >= 0.6 is 0 Å². The Bertz CT molecular complexity index is 1840. The second-order valence-corrected chi connectivity index (χ2v) is 27.5. The van der Waals surface area contributed by atoms with Crippen molar-refractivity contribution in [2.24, 2.45) is 0 Å². The van der Waals surface area contributed by atoms with Crippen molar-refractivity contribution in [1.82, 2.24) is 5.32 Å². The third-order valence-corrected chi connectivity index (χ3v) is 19.2. The van der Waals surface area contributed by atoms with Crippen LogP contribution in [0.4, 0.5) is 0 Å². The maximum absolute atomic E-state index is 13.4. The summed E-state index contributed by atoms with van der Waals surface area (Å²) in [4.78, 5) is 13.4. The van der Waals surface area contributed by atoms with Crippen LogP contribution in [0.15, 0.2) is 36.5 Å². The van der Waals surface area contributed by atoms with Gasteiger partial charge in [-0.05, 0) is 51.4 Å². The number of aliphatic hydroxyl groups excluding tert-OH is 11. The summed E-state index contributed by atoms with van der Waals surface area (Å²) in [5.74, 6) is -0.271. The van der Waals surface area contributed by atoms with E-state index in [0.717, 1.165) is 51.4 Å². The topological polar surface area (TPSA) is 307 Å². The predicted octanol–water partition coefficient (Wildman–Crippen LogP) is 11.6. The number of aliphatic hydroxyl groups is 11. The van der Waals surface area contributed by atoms with Crippen LogP contribution < -0.4 is 5.32 Å². The first-order chi connectivity index (χ1) is 45.8. The molecule has 0 radical (unpaired) electrons. The Balaban J connectivity index is 1.29. The number of hydrogen-bond donors (Lipinski definition) is 12. The monoisotopic (exact) mass is 1340 g/mol. The minimum atomic E-state index is -1.98. The van der Waals surface area contributed by atoms with Crippen molar-refractivity contribution < 1.29 is 89.4 Å². The van der Waals surface area contributed by atoms with Crippen LogP contribution in [0.5, 0.6) is 0 Å². The number of rotatable bonds is 60. The molecule has 3 fully saturated rings. The highest BCUT2D eigenvalue weighted by molar-refractivity contribution is 5.76. The lowest BCUT2D eigenvalue weighted by atomic mass is 9.96. The Hall–Kier alpha value is -1.99. The van der Waals surface area contributed by atoms with Gasteiger partial charge in [0.15, 0.2) is 18.9 Å². The van der Waals surface area contributed by atoms with E-state index in [4.69, 9.17) is 28.4 Å². The summed E-state index contributed by atoms with van der Waals surface area (Å²) in [6.07, 6.45) is 41.7. The highest BCUT2D eigenvalue weighted by Crippen LogP contribution is 2.33. The molecule has 0 aromatic carbocycles. The minimum Gasteiger partial charge on any atom is -0.394 e. The zero-order valence-electron chi connectivity index (χ0n) is 58.7. The maximum atomic E-state index is 13.4. The van der Waals surface area contributed by atoms with Crippen molar-refractivity contribution in [1.29, 1.82) is 0 Å². The fourth-order valence-electron chi connectivity index (χ4n) is 13.0. The predicted molar refractivity (Wildman–Crippen MR) is 369 cm³/mol. The molecule has 3 rings (SSSR count). The first-order valence-electron chi connectivity index (χ1n) is 38.2. The van der Waals surface area contributed by atoms with Gasteiger partial charge in [-0.3, -0.25) is 4.79 Å². The van der Waals surface area contributed by atoms with Gasteiger partial charge in [-0.15, -0.1) is 0 Å². The van der Waals surface area contributed by atoms with E-state index in [2.05, 4.69) is 43.5 Å². The van der Waals surface area contributed by atoms with Crippen LogP contribution in [0.25, 0.3) is 0 Å². The largest absolute Gasteiger partial charge is 0.394 e. The number of unbranched alkanes of at least 4 members (excludes halogenated alkanes) is 40. The molecule has 0 aliphatic carbocycles. The zero-order chi connectivity index (χ0) is 68.2. The fraction of sp³-hybridized carbons (Fsp3) is 0.907. The molecule has 17 unspecified atom stereocenters. The standard InChI is InChI=1S/C75H139NO18/c1-3-5-7-9-11-13-15-17-18-19-20-21-22-23-24-25-26-27-28-29-30-31-32-33-34-35-36-37-38-39-40-41-43-45-47-49-51-53-63(81)76-58(59(80)52-50-48-46-44-42-16-14-12-10-8-6-4-2)57-89-73-69(87)66(84)71(61(55-78)91-73)94-75-70(88)67(85)72(62(56-79)92-75)93-74-68(86)65(83)64(82)60(54-77)90-74/h15,17,19-20,50,52,58-62,64-75,77-80,82-88H,3-14,16,18,21-49,51,53-57H2,1-2H3,(H,76,81)/b17-15-,20-19-,52-50+. The van der Waals surface area contributed by atoms with Gasteiger partial charge in [0, 0.05) is 6.42 Å². The third kappa shape index (κ3) is 37.4. The lowest BCUT2D eigenvalue weighted by Gasteiger charge is -2.48. The van der Waals surface area contributed by atoms with Crippen LogP contribution in [0.1, 0.15) is 303 Å². The van der Waals surface area contributed by atoms with E-state index in [9.17, 15) is 61.0 Å². The Labute approximate surface area is 568 Å². The molecule has 552 valence electrons. The molecule has 0 saturated carbocycles. The lowest BCUT2D eigenvalue weighted by Crippen LogP contribution is -2.66. The average molecular weight is 1340 g/mol. The lowest BCUT2D eigenvalue weighted by molar-refractivity contribution is -0.379. The van der Waals surface area contributed by atoms with E-state index in [1.54, 1.807) is 6.08 Å². The van der Waals surface area contributed by atoms with Gasteiger partial charge in [-0.25, -0.2) is 0 Å². The smallest absolute Gasteiger partial charge is 0.220 e. The Morgan fingerprint density at radius 2 is 0.702 bits per heavy atom. The molecule has 0 spiro atoms. The normalized spacial score (nSPS) is 27.5. The average Bonchev–Trinajstić information content (AvgIpc) is 0.794. The van der Waals surface area contributed by atoms with E-state index in [1.165, 1.54) is 225 Å². The molecule has 19 nitrogen and oxygen atoms in total. The van der Waals surface area contributed by atoms with Crippen molar-refractivity contribution >= 4 is 5.91 Å². The van der Waals surface area contributed by atoms with Crippen LogP contribution in [0.3, 0.4) is 0 Å². The summed E-state index contributed by atoms with van der Waals surface area (Å²) in [5, 5.41) is 120. The molecule has 3 heterocycles. The van der Waals surface area contributed by atoms with E-state index < -0.39 is 124 Å². The number of allylic oxidation sites excluding steroid dienone is 5. The highest BCUT2D eigenvalue weighted by atomic mass is 16.8. The second kappa shape index (κ2) is 56.7. The van der Waals surface area contributed by atoms with Gasteiger partial charge in [0.25, 0.3) is 0 Å². The van der Waals surface area contributed by atoms with Crippen molar-refractivity contribution in [3.8, 4) is 0 Å². The van der Waals surface area contributed by atoms with Gasteiger partial charge < -0.3 is 89.9 Å². The molecule has 19 heteroatoms. The first kappa shape index (κ1) is 86.2. The maximum Gasteiger partial charge on any atom is 0.220 e. The van der Waals surface area contributed by atoms with Gasteiger partial charge in [0.05, 0.1) is 38.6 Å². The van der Waals surface area contributed by atoms with Gasteiger partial charge >= 0.3 is 0 Å². The number of ether oxygens (including phenoxy) is 6. The molecule has 0 aromatic heterocycles.